The summed E-state index contributed by atoms with van der Waals surface area (Å²) in [6.07, 6.45) is 3.67. The summed E-state index contributed by atoms with van der Waals surface area (Å²) in [5, 5.41) is 0. The fourth-order valence-corrected chi connectivity index (χ4v) is 3.12. The zero-order valence-corrected chi connectivity index (χ0v) is 11.9. The molecule has 1 aromatic rings. The summed E-state index contributed by atoms with van der Waals surface area (Å²) in [5.74, 6) is -1.87. The molecule has 1 N–H and O–H groups in total. The lowest BCUT2D eigenvalue weighted by atomic mass is 10.1. The van der Waals surface area contributed by atoms with Crippen LogP contribution in [0.15, 0.2) is 23.1 Å². The summed E-state index contributed by atoms with van der Waals surface area (Å²) in [7, 11) is -3.94. The van der Waals surface area contributed by atoms with Gasteiger partial charge in [0, 0.05) is 12.1 Å². The van der Waals surface area contributed by atoms with Crippen LogP contribution in [-0.4, -0.2) is 14.5 Å². The Bertz CT molecular complexity index is 517. The van der Waals surface area contributed by atoms with Crippen LogP contribution in [0.25, 0.3) is 0 Å². The minimum Gasteiger partial charge on any atom is -0.208 e. The summed E-state index contributed by atoms with van der Waals surface area (Å²) in [6, 6.07) is 2.16. The lowest BCUT2D eigenvalue weighted by Crippen LogP contribution is -2.33. The third-order valence-corrected chi connectivity index (χ3v) is 4.40. The first-order valence-electron chi connectivity index (χ1n) is 6.34. The Hall–Kier alpha value is -1.01. The molecular weight excluding hydrogens is 272 g/mol. The van der Waals surface area contributed by atoms with E-state index in [-0.39, 0.29) is 6.04 Å². The Morgan fingerprint density at radius 2 is 1.95 bits per heavy atom. The minimum atomic E-state index is -3.94. The van der Waals surface area contributed by atoms with Crippen molar-refractivity contribution in [3.05, 3.63) is 29.8 Å². The van der Waals surface area contributed by atoms with Crippen molar-refractivity contribution in [3.8, 4) is 0 Å². The highest BCUT2D eigenvalue weighted by molar-refractivity contribution is 7.89. The first-order chi connectivity index (χ1) is 8.86. The molecule has 108 valence electrons. The number of halogens is 2. The van der Waals surface area contributed by atoms with Gasteiger partial charge in [-0.25, -0.2) is 21.9 Å². The normalized spacial score (nSPS) is 13.5. The van der Waals surface area contributed by atoms with Crippen LogP contribution in [0.1, 0.15) is 39.5 Å². The van der Waals surface area contributed by atoms with Crippen LogP contribution in [0.2, 0.25) is 0 Å². The van der Waals surface area contributed by atoms with E-state index in [1.54, 1.807) is 6.92 Å². The van der Waals surface area contributed by atoms with Crippen LogP contribution in [0.3, 0.4) is 0 Å². The molecule has 1 aromatic carbocycles. The van der Waals surface area contributed by atoms with Crippen molar-refractivity contribution in [1.29, 1.82) is 0 Å². The van der Waals surface area contributed by atoms with E-state index in [1.165, 1.54) is 0 Å². The summed E-state index contributed by atoms with van der Waals surface area (Å²) < 4.78 is 52.5. The van der Waals surface area contributed by atoms with Gasteiger partial charge in [0.1, 0.15) is 16.5 Å². The van der Waals surface area contributed by atoms with Gasteiger partial charge in [0.05, 0.1) is 0 Å². The lowest BCUT2D eigenvalue weighted by molar-refractivity contribution is 0.515. The third-order valence-electron chi connectivity index (χ3n) is 2.78. The van der Waals surface area contributed by atoms with Crippen LogP contribution in [0.4, 0.5) is 8.78 Å². The third kappa shape index (κ3) is 4.87. The Kier molecular flexibility index (Phi) is 5.87. The number of benzene rings is 1. The molecule has 0 amide bonds. The molecule has 0 heterocycles. The van der Waals surface area contributed by atoms with Crippen LogP contribution >= 0.6 is 0 Å². The molecule has 3 nitrogen and oxygen atoms in total. The summed E-state index contributed by atoms with van der Waals surface area (Å²) in [6.45, 7) is 3.79. The van der Waals surface area contributed by atoms with E-state index in [2.05, 4.69) is 11.6 Å². The highest BCUT2D eigenvalue weighted by Gasteiger charge is 2.21. The SMILES string of the molecule is CCCCCC(C)NS(=O)(=O)c1ccc(F)cc1F. The van der Waals surface area contributed by atoms with E-state index in [4.69, 9.17) is 0 Å². The molecule has 0 fully saturated rings. The molecule has 0 saturated carbocycles. The van der Waals surface area contributed by atoms with E-state index < -0.39 is 26.6 Å². The van der Waals surface area contributed by atoms with Gasteiger partial charge in [0.2, 0.25) is 10.0 Å². The lowest BCUT2D eigenvalue weighted by Gasteiger charge is -2.14. The summed E-state index contributed by atoms with van der Waals surface area (Å²) >= 11 is 0. The molecular formula is C13H19F2NO2S. The average molecular weight is 291 g/mol. The van der Waals surface area contributed by atoms with E-state index in [1.807, 2.05) is 0 Å². The number of sulfonamides is 1. The van der Waals surface area contributed by atoms with E-state index in [9.17, 15) is 17.2 Å². The van der Waals surface area contributed by atoms with Gasteiger partial charge in [-0.05, 0) is 25.5 Å². The van der Waals surface area contributed by atoms with E-state index in [0.717, 1.165) is 31.4 Å². The number of nitrogens with one attached hydrogen (secondary N) is 1. The van der Waals surface area contributed by atoms with Crippen LogP contribution in [0.5, 0.6) is 0 Å². The maximum absolute atomic E-state index is 13.4. The van der Waals surface area contributed by atoms with Crippen LogP contribution < -0.4 is 4.72 Å². The van der Waals surface area contributed by atoms with Crippen molar-refractivity contribution in [1.82, 2.24) is 4.72 Å². The van der Waals surface area contributed by atoms with Crippen molar-refractivity contribution in [2.75, 3.05) is 0 Å². The molecule has 1 unspecified atom stereocenters. The van der Waals surface area contributed by atoms with Crippen LogP contribution in [0, 0.1) is 11.6 Å². The Balaban J connectivity index is 2.75. The molecule has 0 spiro atoms. The zero-order chi connectivity index (χ0) is 14.5. The number of hydrogen-bond donors (Lipinski definition) is 1. The second-order valence-electron chi connectivity index (χ2n) is 4.59. The first kappa shape index (κ1) is 16.0. The van der Waals surface area contributed by atoms with Gasteiger partial charge in [0.25, 0.3) is 0 Å². The number of rotatable bonds is 7. The minimum absolute atomic E-state index is 0.277. The standard InChI is InChI=1S/C13H19F2NO2S/c1-3-4-5-6-10(2)16-19(17,18)13-8-7-11(14)9-12(13)15/h7-10,16H,3-6H2,1-2H3. The summed E-state index contributed by atoms with van der Waals surface area (Å²) in [4.78, 5) is -0.517. The smallest absolute Gasteiger partial charge is 0.208 e. The summed E-state index contributed by atoms with van der Waals surface area (Å²) in [5.41, 5.74) is 0. The van der Waals surface area contributed by atoms with Crippen molar-refractivity contribution in [2.45, 2.75) is 50.5 Å². The fraction of sp³-hybridized carbons (Fsp3) is 0.538. The van der Waals surface area contributed by atoms with Crippen molar-refractivity contribution in [2.24, 2.45) is 0 Å². The highest BCUT2D eigenvalue weighted by atomic mass is 32.2. The first-order valence-corrected chi connectivity index (χ1v) is 7.82. The molecule has 6 heteroatoms. The fourth-order valence-electron chi connectivity index (χ4n) is 1.78. The van der Waals surface area contributed by atoms with Gasteiger partial charge in [-0.1, -0.05) is 26.2 Å². The van der Waals surface area contributed by atoms with Gasteiger partial charge >= 0.3 is 0 Å². The van der Waals surface area contributed by atoms with Crippen LogP contribution in [-0.2, 0) is 10.0 Å². The predicted molar refractivity (Wildman–Crippen MR) is 70.3 cm³/mol. The maximum Gasteiger partial charge on any atom is 0.243 e. The highest BCUT2D eigenvalue weighted by Crippen LogP contribution is 2.16. The maximum atomic E-state index is 13.4. The van der Waals surface area contributed by atoms with Crippen molar-refractivity contribution < 1.29 is 17.2 Å². The topological polar surface area (TPSA) is 46.2 Å². The number of hydrogen-bond acceptors (Lipinski definition) is 2. The molecule has 0 radical (unpaired) electrons. The van der Waals surface area contributed by atoms with Crippen molar-refractivity contribution in [3.63, 3.8) is 0 Å². The second-order valence-corrected chi connectivity index (χ2v) is 6.28. The molecule has 0 aliphatic carbocycles. The molecule has 0 saturated heterocycles. The Labute approximate surface area is 113 Å². The zero-order valence-electron chi connectivity index (χ0n) is 11.1. The Morgan fingerprint density at radius 1 is 1.26 bits per heavy atom. The van der Waals surface area contributed by atoms with Crippen molar-refractivity contribution >= 4 is 10.0 Å². The average Bonchev–Trinajstić information content (AvgIpc) is 2.27. The van der Waals surface area contributed by atoms with E-state index >= 15 is 0 Å². The molecule has 1 rings (SSSR count). The monoisotopic (exact) mass is 291 g/mol. The van der Waals surface area contributed by atoms with Gasteiger partial charge in [-0.15, -0.1) is 0 Å². The molecule has 19 heavy (non-hydrogen) atoms. The molecule has 0 aliphatic heterocycles. The molecule has 0 bridgehead atoms. The van der Waals surface area contributed by atoms with Gasteiger partial charge < -0.3 is 0 Å². The van der Waals surface area contributed by atoms with Gasteiger partial charge in [-0.3, -0.25) is 0 Å². The molecule has 0 aromatic heterocycles. The van der Waals surface area contributed by atoms with Gasteiger partial charge in [-0.2, -0.15) is 0 Å². The molecule has 1 atom stereocenters. The number of unbranched alkanes of at least 4 members (excludes halogenated alkanes) is 2. The largest absolute Gasteiger partial charge is 0.243 e. The Morgan fingerprint density at radius 3 is 2.53 bits per heavy atom. The quantitative estimate of drug-likeness (QED) is 0.784. The second kappa shape index (κ2) is 6.96. The van der Waals surface area contributed by atoms with E-state index in [0.29, 0.717) is 12.5 Å². The predicted octanol–water partition coefficient (Wildman–Crippen LogP) is 3.21. The molecule has 0 aliphatic rings. The van der Waals surface area contributed by atoms with Gasteiger partial charge in [0.15, 0.2) is 0 Å².